The first-order valence-electron chi connectivity index (χ1n) is 42.4. The maximum Gasteiger partial charge on any atom is 0.494 e. The van der Waals surface area contributed by atoms with Gasteiger partial charge >= 0.3 is 7.12 Å². The third kappa shape index (κ3) is 10.1. The van der Waals surface area contributed by atoms with Crippen molar-refractivity contribution in [1.29, 1.82) is 0 Å². The van der Waals surface area contributed by atoms with E-state index < -0.39 is 5.41 Å². The van der Waals surface area contributed by atoms with Gasteiger partial charge in [0.1, 0.15) is 22.3 Å². The second-order valence-corrected chi connectivity index (χ2v) is 35.5. The summed E-state index contributed by atoms with van der Waals surface area (Å²) in [6.45, 7) is 8.30. The Labute approximate surface area is 714 Å². The number of benzene rings is 20. The quantitative estimate of drug-likeness (QED) is 0.130. The predicted octanol–water partition coefficient (Wildman–Crippen LogP) is 30.5. The lowest BCUT2D eigenvalue weighted by Gasteiger charge is -2.32. The van der Waals surface area contributed by atoms with E-state index in [1.54, 1.807) is 0 Å². The fourth-order valence-electron chi connectivity index (χ4n) is 21.9. The molecule has 20 aromatic carbocycles. The van der Waals surface area contributed by atoms with E-state index in [9.17, 15) is 0 Å². The second kappa shape index (κ2) is 26.5. The minimum absolute atomic E-state index is 0.334. The van der Waals surface area contributed by atoms with Crippen LogP contribution >= 0.6 is 15.9 Å². The highest BCUT2D eigenvalue weighted by molar-refractivity contribution is 9.10. The van der Waals surface area contributed by atoms with Crippen LogP contribution < -0.4 is 5.46 Å². The predicted molar refractivity (Wildman–Crippen MR) is 511 cm³/mol. The van der Waals surface area contributed by atoms with Crippen molar-refractivity contribution >= 4 is 137 Å². The van der Waals surface area contributed by atoms with E-state index in [2.05, 4.69) is 408 Å². The zero-order valence-corrected chi connectivity index (χ0v) is 69.1. The first-order valence-corrected chi connectivity index (χ1v) is 43.2. The fourth-order valence-corrected chi connectivity index (χ4v) is 22.2. The number of hydrogen-bond acceptors (Lipinski definition) is 4. The van der Waals surface area contributed by atoms with Crippen molar-refractivity contribution in [3.8, 4) is 77.9 Å². The summed E-state index contributed by atoms with van der Waals surface area (Å²) in [6, 6.07) is 143. The highest BCUT2D eigenvalue weighted by atomic mass is 79.9. The molecule has 3 heterocycles. The Hall–Kier alpha value is -14.0. The van der Waals surface area contributed by atoms with E-state index in [1.165, 1.54) is 165 Å². The van der Waals surface area contributed by atoms with Crippen molar-refractivity contribution in [2.24, 2.45) is 0 Å². The van der Waals surface area contributed by atoms with E-state index in [-0.39, 0.29) is 23.7 Å². The number of hydrogen-bond donors (Lipinski definition) is 0. The molecule has 2 aromatic heterocycles. The molecule has 122 heavy (non-hydrogen) atoms. The Morgan fingerprint density at radius 3 is 0.951 bits per heavy atom. The van der Waals surface area contributed by atoms with Gasteiger partial charge in [-0.2, -0.15) is 0 Å². The maximum atomic E-state index is 6.49. The fraction of sp³-hybridized carbons (Fsp3) is 0.0690. The van der Waals surface area contributed by atoms with E-state index in [0.29, 0.717) is 0 Å². The molecule has 1 aliphatic heterocycles. The molecule has 0 unspecified atom stereocenters. The monoisotopic (exact) mass is 1620 g/mol. The van der Waals surface area contributed by atoms with Crippen LogP contribution in [0, 0.1) is 0 Å². The van der Waals surface area contributed by atoms with Crippen molar-refractivity contribution in [3.63, 3.8) is 0 Å². The molecule has 0 radical (unpaired) electrons. The average Bonchev–Trinajstić information content (AvgIpc) is 1.50. The molecule has 4 nitrogen and oxygen atoms in total. The van der Waals surface area contributed by atoms with Crippen LogP contribution in [0.5, 0.6) is 0 Å². The lowest BCUT2D eigenvalue weighted by molar-refractivity contribution is 0.00578. The maximum absolute atomic E-state index is 6.49. The summed E-state index contributed by atoms with van der Waals surface area (Å²) < 4.78 is 26.3. The first kappa shape index (κ1) is 71.0. The third-order valence-electron chi connectivity index (χ3n) is 27.9. The molecule has 0 saturated carbocycles. The van der Waals surface area contributed by atoms with Gasteiger partial charge in [0.25, 0.3) is 0 Å². The molecule has 5 aliphatic rings. The van der Waals surface area contributed by atoms with Gasteiger partial charge in [-0.15, -0.1) is 0 Å². The molecular formula is C116H76BBrO4. The second-order valence-electron chi connectivity index (χ2n) is 34.6. The van der Waals surface area contributed by atoms with Crippen LogP contribution in [0.2, 0.25) is 0 Å². The smallest absolute Gasteiger partial charge is 0.455 e. The van der Waals surface area contributed by atoms with E-state index in [1.807, 2.05) is 24.3 Å². The summed E-state index contributed by atoms with van der Waals surface area (Å²) >= 11 is 3.80. The number of fused-ring (bicyclic) bond motifs is 38. The van der Waals surface area contributed by atoms with Gasteiger partial charge in [-0.25, -0.2) is 0 Å². The summed E-state index contributed by atoms with van der Waals surface area (Å²) in [5.74, 6) is 0. The third-order valence-corrected chi connectivity index (χ3v) is 28.4. The Morgan fingerprint density at radius 1 is 0.205 bits per heavy atom. The highest BCUT2D eigenvalue weighted by Gasteiger charge is 2.55. The van der Waals surface area contributed by atoms with Crippen LogP contribution in [0.4, 0.5) is 0 Å². The molecule has 4 aliphatic carbocycles. The molecule has 2 spiro atoms. The van der Waals surface area contributed by atoms with E-state index in [4.69, 9.17) is 18.1 Å². The molecule has 6 heteroatoms. The Balaban J connectivity index is 0.000000108. The summed E-state index contributed by atoms with van der Waals surface area (Å²) in [7, 11) is -0.375. The van der Waals surface area contributed by atoms with Gasteiger partial charge in [-0.05, 0) is 270 Å². The molecule has 27 rings (SSSR count). The van der Waals surface area contributed by atoms with Gasteiger partial charge in [0.15, 0.2) is 0 Å². The number of halogens is 1. The van der Waals surface area contributed by atoms with Gasteiger partial charge in [-0.1, -0.05) is 344 Å². The largest absolute Gasteiger partial charge is 0.494 e. The Morgan fingerprint density at radius 2 is 0.508 bits per heavy atom. The SMILES string of the molecule is Brc1ccc2c(c1)-c1cc3c4ccccc4c4ccccc4c3cc1C21c2ccccc2-c2ccccc21.CC1(C)OB(c2cccc(-c3cccc4c3oc3ccccc34)c2)OC1(C)C.c1cc(-c2ccc3c(c2)-c2cc4c5ccccc5c5ccccc5c4cc2C32c3ccccc3-c3ccccc32)cc(-c2cccc3c2oc2ccccc23)c1. The lowest BCUT2D eigenvalue weighted by atomic mass is 9.70. The van der Waals surface area contributed by atoms with Gasteiger partial charge in [0.2, 0.25) is 0 Å². The van der Waals surface area contributed by atoms with Gasteiger partial charge < -0.3 is 18.1 Å². The number of furan rings is 2. The summed E-state index contributed by atoms with van der Waals surface area (Å²) in [4.78, 5) is 0. The zero-order chi connectivity index (χ0) is 81.1. The molecule has 0 bridgehead atoms. The molecule has 1 saturated heterocycles. The van der Waals surface area contributed by atoms with Crippen molar-refractivity contribution in [3.05, 3.63) is 437 Å². The van der Waals surface area contributed by atoms with Crippen molar-refractivity contribution in [1.82, 2.24) is 0 Å². The van der Waals surface area contributed by atoms with Gasteiger partial charge in [0.05, 0.1) is 22.0 Å². The van der Waals surface area contributed by atoms with Crippen LogP contribution in [0.1, 0.15) is 72.2 Å². The Kier molecular flexibility index (Phi) is 15.4. The van der Waals surface area contributed by atoms with Crippen LogP contribution in [-0.2, 0) is 20.1 Å². The van der Waals surface area contributed by atoms with E-state index >= 15 is 0 Å². The lowest BCUT2D eigenvalue weighted by Crippen LogP contribution is -2.41. The topological polar surface area (TPSA) is 44.7 Å². The van der Waals surface area contributed by atoms with Crippen molar-refractivity contribution < 1.29 is 18.1 Å². The van der Waals surface area contributed by atoms with Crippen molar-refractivity contribution in [2.45, 2.75) is 49.7 Å². The number of para-hydroxylation sites is 4. The van der Waals surface area contributed by atoms with Gasteiger partial charge in [-0.3, -0.25) is 0 Å². The minimum Gasteiger partial charge on any atom is -0.455 e. The van der Waals surface area contributed by atoms with Crippen LogP contribution in [0.3, 0.4) is 0 Å². The summed E-state index contributed by atoms with van der Waals surface area (Å²) in [5, 5.41) is 20.3. The molecule has 0 atom stereocenters. The van der Waals surface area contributed by atoms with E-state index in [0.717, 1.165) is 76.1 Å². The molecular weight excluding hydrogens is 1550 g/mol. The van der Waals surface area contributed by atoms with Crippen LogP contribution in [0.25, 0.3) is 186 Å². The standard InChI is InChI=1S/C55H32O.C37H21Br.C24H23BO3/c1-3-17-39-37(15-1)38-16-2-4-18-40(38)46-32-52-48(31-45(39)46)47-30-34(27-28-51(47)55(52)49-24-8-5-19-41(49)42-20-6-9-25-50(42)55)33-13-11-14-35(29-33)36-22-12-23-44-43-21-7-10-26-53(43)56-54(36)44;38-22-17-18-35-31(19-22)32-20-29-25-11-3-1-9-23(25)24-10-2-4-12-26(24)30(29)21-36(32)37(35)33-15-7-5-13-27(33)28-14-6-8-16-34(28)37;1-23(2)24(3,4)28-25(27-23)17-10-7-9-16(15-17)18-12-8-13-20-19-11-5-6-14-21(19)26-22(18)20/h1-32H;1-21H;5-15H,1-4H3. The van der Waals surface area contributed by atoms with Crippen molar-refractivity contribution in [2.75, 3.05) is 0 Å². The molecule has 574 valence electrons. The molecule has 1 fully saturated rings. The van der Waals surface area contributed by atoms with Crippen LogP contribution in [-0.4, -0.2) is 18.3 Å². The summed E-state index contributed by atoms with van der Waals surface area (Å²) in [6.07, 6.45) is 0. The van der Waals surface area contributed by atoms with Crippen LogP contribution in [0.15, 0.2) is 402 Å². The zero-order valence-electron chi connectivity index (χ0n) is 67.5. The highest BCUT2D eigenvalue weighted by Crippen LogP contribution is 2.66. The molecule has 0 amide bonds. The summed E-state index contributed by atoms with van der Waals surface area (Å²) in [5.41, 5.74) is 31.6. The minimum atomic E-state index is -0.434. The molecule has 0 N–H and O–H groups in total. The Bertz CT molecular complexity index is 8170. The molecule has 22 aromatic rings. The first-order chi connectivity index (χ1) is 59.9. The van der Waals surface area contributed by atoms with Gasteiger partial charge in [0, 0.05) is 37.1 Å². The number of rotatable bonds is 4. The average molecular weight is 1620 g/mol. The normalized spacial score (nSPS) is 14.8.